The van der Waals surface area contributed by atoms with Crippen molar-refractivity contribution < 1.29 is 14.7 Å². The van der Waals surface area contributed by atoms with Crippen LogP contribution in [0.25, 0.3) is 0 Å². The van der Waals surface area contributed by atoms with Crippen LogP contribution in [0.3, 0.4) is 0 Å². The highest BCUT2D eigenvalue weighted by Crippen LogP contribution is 2.20. The number of hydrogen-bond acceptors (Lipinski definition) is 6. The Morgan fingerprint density at radius 3 is 3.00 bits per heavy atom. The van der Waals surface area contributed by atoms with Crippen LogP contribution in [-0.4, -0.2) is 42.5 Å². The molecule has 9 nitrogen and oxygen atoms in total. The molecule has 0 aromatic carbocycles. The van der Waals surface area contributed by atoms with Gasteiger partial charge in [-0.15, -0.1) is 0 Å². The second-order valence-electron chi connectivity index (χ2n) is 4.19. The summed E-state index contributed by atoms with van der Waals surface area (Å²) in [7, 11) is 0. The van der Waals surface area contributed by atoms with Crippen molar-refractivity contribution in [1.82, 2.24) is 19.7 Å². The normalized spacial score (nSPS) is 13.0. The lowest BCUT2D eigenvalue weighted by Crippen LogP contribution is -2.29. The van der Waals surface area contributed by atoms with E-state index in [4.69, 9.17) is 5.11 Å². The van der Waals surface area contributed by atoms with E-state index in [-0.39, 0.29) is 17.1 Å². The summed E-state index contributed by atoms with van der Waals surface area (Å²) in [5, 5.41) is 17.6. The van der Waals surface area contributed by atoms with Gasteiger partial charge in [-0.1, -0.05) is 11.8 Å². The Morgan fingerprint density at radius 1 is 1.48 bits per heavy atom. The summed E-state index contributed by atoms with van der Waals surface area (Å²) < 4.78 is 1.44. The Hall–Kier alpha value is -2.62. The molecule has 0 saturated carbocycles. The minimum absolute atomic E-state index is 0.0247. The number of amides is 1. The van der Waals surface area contributed by atoms with Crippen LogP contribution in [0, 0.1) is 0 Å². The van der Waals surface area contributed by atoms with Gasteiger partial charge in [-0.05, 0) is 0 Å². The van der Waals surface area contributed by atoms with Gasteiger partial charge in [-0.3, -0.25) is 19.3 Å². The van der Waals surface area contributed by atoms with Gasteiger partial charge in [0.05, 0.1) is 0 Å². The zero-order chi connectivity index (χ0) is 15.0. The van der Waals surface area contributed by atoms with E-state index >= 15 is 0 Å². The minimum Gasteiger partial charge on any atom is -0.477 e. The zero-order valence-corrected chi connectivity index (χ0v) is 11.3. The Morgan fingerprint density at radius 2 is 2.29 bits per heavy atom. The molecular weight excluding hydrogens is 298 g/mol. The topological polar surface area (TPSA) is 130 Å². The number of fused-ring (bicyclic) bond motifs is 1. The van der Waals surface area contributed by atoms with Crippen LogP contribution in [0.2, 0.25) is 0 Å². The van der Waals surface area contributed by atoms with Gasteiger partial charge in [0.1, 0.15) is 11.3 Å². The number of carbonyl (C=O) groups excluding carboxylic acids is 1. The number of rotatable bonds is 3. The van der Waals surface area contributed by atoms with E-state index in [9.17, 15) is 14.4 Å². The van der Waals surface area contributed by atoms with Crippen LogP contribution in [-0.2, 0) is 6.54 Å². The predicted molar refractivity (Wildman–Crippen MR) is 72.7 cm³/mol. The third-order valence-electron chi connectivity index (χ3n) is 2.85. The molecule has 1 amide bonds. The third-order valence-corrected chi connectivity index (χ3v) is 3.82. The molecule has 0 radical (unpaired) electrons. The van der Waals surface area contributed by atoms with Gasteiger partial charge in [0.2, 0.25) is 0 Å². The molecule has 0 unspecified atom stereocenters. The van der Waals surface area contributed by atoms with E-state index in [2.05, 4.69) is 20.5 Å². The predicted octanol–water partition coefficient (Wildman–Crippen LogP) is 0.0226. The van der Waals surface area contributed by atoms with Crippen molar-refractivity contribution in [3.8, 4) is 0 Å². The molecule has 3 heterocycles. The maximum atomic E-state index is 12.1. The van der Waals surface area contributed by atoms with Gasteiger partial charge in [-0.2, -0.15) is 5.10 Å². The summed E-state index contributed by atoms with van der Waals surface area (Å²) >= 11 is 1.45. The molecule has 0 atom stereocenters. The summed E-state index contributed by atoms with van der Waals surface area (Å²) in [4.78, 5) is 38.9. The molecule has 2 aromatic heterocycles. The number of anilines is 1. The highest BCUT2D eigenvalue weighted by Gasteiger charge is 2.20. The first kappa shape index (κ1) is 13.4. The van der Waals surface area contributed by atoms with Crippen molar-refractivity contribution in [3.63, 3.8) is 0 Å². The summed E-state index contributed by atoms with van der Waals surface area (Å²) in [5.74, 6) is -1.10. The lowest BCUT2D eigenvalue weighted by atomic mass is 10.3. The molecule has 2 aromatic rings. The number of H-pyrrole nitrogens is 1. The lowest BCUT2D eigenvalue weighted by Gasteiger charge is -2.04. The second kappa shape index (κ2) is 5.05. The number of nitrogens with one attached hydrogen (secondary N) is 2. The molecular formula is C11H9N5O4S. The van der Waals surface area contributed by atoms with E-state index in [0.717, 1.165) is 11.8 Å². The van der Waals surface area contributed by atoms with Crippen LogP contribution in [0.5, 0.6) is 0 Å². The van der Waals surface area contributed by atoms with Gasteiger partial charge in [0.25, 0.3) is 11.5 Å². The van der Waals surface area contributed by atoms with Gasteiger partial charge >= 0.3 is 5.97 Å². The molecule has 10 heteroatoms. The molecule has 108 valence electrons. The van der Waals surface area contributed by atoms with E-state index in [1.807, 2.05) is 0 Å². The fourth-order valence-corrected chi connectivity index (χ4v) is 2.77. The van der Waals surface area contributed by atoms with Crippen molar-refractivity contribution in [2.45, 2.75) is 11.7 Å². The average Bonchev–Trinajstić information content (AvgIpc) is 3.07. The quantitative estimate of drug-likeness (QED) is 0.681. The van der Waals surface area contributed by atoms with Gasteiger partial charge in [0.15, 0.2) is 11.0 Å². The van der Waals surface area contributed by atoms with Crippen molar-refractivity contribution >= 4 is 29.5 Å². The van der Waals surface area contributed by atoms with Crippen molar-refractivity contribution in [1.29, 1.82) is 0 Å². The molecule has 21 heavy (non-hydrogen) atoms. The zero-order valence-electron chi connectivity index (χ0n) is 10.5. The number of carboxylic acid groups (broad SMARTS) is 1. The number of nitrogens with zero attached hydrogens (tertiary/aromatic N) is 3. The molecule has 1 aliphatic rings. The van der Waals surface area contributed by atoms with E-state index in [1.54, 1.807) is 0 Å². The summed E-state index contributed by atoms with van der Waals surface area (Å²) in [6, 6.07) is 1.16. The smallest absolute Gasteiger partial charge is 0.353 e. The van der Waals surface area contributed by atoms with Gasteiger partial charge < -0.3 is 10.4 Å². The average molecular weight is 307 g/mol. The Kier molecular flexibility index (Phi) is 3.22. The van der Waals surface area contributed by atoms with Crippen molar-refractivity contribution in [3.05, 3.63) is 33.9 Å². The van der Waals surface area contributed by atoms with Gasteiger partial charge in [-0.25, -0.2) is 9.78 Å². The number of aromatic nitrogens is 4. The fourth-order valence-electron chi connectivity index (χ4n) is 1.85. The number of hydrogen-bond donors (Lipinski definition) is 3. The van der Waals surface area contributed by atoms with Gasteiger partial charge in [0, 0.05) is 24.6 Å². The molecule has 1 aliphatic heterocycles. The van der Waals surface area contributed by atoms with Crippen molar-refractivity contribution in [2.75, 3.05) is 11.1 Å². The fraction of sp³-hybridized carbons (Fsp3) is 0.182. The van der Waals surface area contributed by atoms with Crippen LogP contribution in [0.15, 0.2) is 22.2 Å². The highest BCUT2D eigenvalue weighted by molar-refractivity contribution is 7.99. The van der Waals surface area contributed by atoms with Crippen LogP contribution >= 0.6 is 11.8 Å². The molecule has 0 saturated heterocycles. The van der Waals surface area contributed by atoms with E-state index in [1.165, 1.54) is 22.5 Å². The van der Waals surface area contributed by atoms with Crippen LogP contribution < -0.4 is 10.9 Å². The maximum absolute atomic E-state index is 12.1. The molecule has 3 rings (SSSR count). The van der Waals surface area contributed by atoms with Crippen LogP contribution in [0.4, 0.5) is 5.82 Å². The first-order valence-corrected chi connectivity index (χ1v) is 6.87. The Balaban J connectivity index is 1.85. The standard InChI is InChI=1S/C11H9N5O4S/c17-8(13-7-3-6(10(19)20)14-15-7)5-4-12-11-16(9(5)18)1-2-21-11/h3-4H,1-2H2,(H,19,20)(H2,13,14,15,17). The largest absolute Gasteiger partial charge is 0.477 e. The monoisotopic (exact) mass is 307 g/mol. The maximum Gasteiger partial charge on any atom is 0.353 e. The third kappa shape index (κ3) is 2.40. The number of carbonyl (C=O) groups is 2. The first-order valence-electron chi connectivity index (χ1n) is 5.89. The van der Waals surface area contributed by atoms with Crippen molar-refractivity contribution in [2.24, 2.45) is 0 Å². The molecule has 0 spiro atoms. The number of thioether (sulfide) groups is 1. The Labute approximate surface area is 121 Å². The number of aromatic carboxylic acids is 1. The molecule has 3 N–H and O–H groups in total. The highest BCUT2D eigenvalue weighted by atomic mass is 32.2. The van der Waals surface area contributed by atoms with E-state index < -0.39 is 17.4 Å². The first-order chi connectivity index (χ1) is 10.1. The van der Waals surface area contributed by atoms with Crippen LogP contribution in [0.1, 0.15) is 20.8 Å². The summed E-state index contributed by atoms with van der Waals surface area (Å²) in [5.41, 5.74) is -0.692. The lowest BCUT2D eigenvalue weighted by molar-refractivity contribution is 0.0690. The molecule has 0 bridgehead atoms. The summed E-state index contributed by atoms with van der Waals surface area (Å²) in [6.07, 6.45) is 1.21. The Bertz CT molecular complexity index is 796. The second-order valence-corrected chi connectivity index (χ2v) is 5.25. The molecule has 0 aliphatic carbocycles. The van der Waals surface area contributed by atoms with E-state index in [0.29, 0.717) is 11.7 Å². The minimum atomic E-state index is -1.20. The number of aromatic amines is 1. The number of carboxylic acids is 1. The SMILES string of the molecule is O=C(O)c1cc(NC(=O)c2cnc3n(c2=O)CCS3)n[nH]1. The summed E-state index contributed by atoms with van der Waals surface area (Å²) in [6.45, 7) is 0.512. The molecule has 0 fully saturated rings.